The number of carbonyl (C=O) groups is 1. The lowest BCUT2D eigenvalue weighted by Crippen LogP contribution is -2.29. The molecule has 0 heterocycles. The maximum absolute atomic E-state index is 11.5. The van der Waals surface area contributed by atoms with E-state index < -0.39 is 5.91 Å². The molecule has 5 nitrogen and oxygen atoms in total. The fourth-order valence-electron chi connectivity index (χ4n) is 0.765. The summed E-state index contributed by atoms with van der Waals surface area (Å²) in [5.41, 5.74) is 6.33. The van der Waals surface area contributed by atoms with Gasteiger partial charge in [0.05, 0.1) is 6.61 Å². The van der Waals surface area contributed by atoms with Crippen molar-refractivity contribution in [2.45, 2.75) is 13.8 Å². The van der Waals surface area contributed by atoms with Crippen molar-refractivity contribution in [3.8, 4) is 0 Å². The number of nitrogens with two attached hydrogens (primary N) is 1. The van der Waals surface area contributed by atoms with E-state index in [9.17, 15) is 4.79 Å². The SMILES string of the molecule is C=C(C)C(Cl)=N/C(C(=O)NCCO)=C(\C)N. The number of aliphatic hydroxyl groups is 1. The Balaban J connectivity index is 4.93. The Morgan fingerprint density at radius 1 is 1.56 bits per heavy atom. The highest BCUT2D eigenvalue weighted by molar-refractivity contribution is 6.69. The van der Waals surface area contributed by atoms with E-state index in [0.717, 1.165) is 0 Å². The molecule has 0 aliphatic carbocycles. The number of allylic oxidation sites excluding steroid dienone is 2. The van der Waals surface area contributed by atoms with Crippen molar-refractivity contribution in [2.75, 3.05) is 13.2 Å². The average Bonchev–Trinajstić information content (AvgIpc) is 2.21. The van der Waals surface area contributed by atoms with Gasteiger partial charge in [0.1, 0.15) is 10.9 Å². The smallest absolute Gasteiger partial charge is 0.271 e. The van der Waals surface area contributed by atoms with Crippen molar-refractivity contribution in [3.63, 3.8) is 0 Å². The molecule has 0 saturated heterocycles. The molecule has 1 amide bonds. The normalized spacial score (nSPS) is 13.1. The topological polar surface area (TPSA) is 87.7 Å². The van der Waals surface area contributed by atoms with E-state index in [0.29, 0.717) is 5.57 Å². The molecule has 16 heavy (non-hydrogen) atoms. The largest absolute Gasteiger partial charge is 0.400 e. The first-order chi connectivity index (χ1) is 7.40. The third-order valence-corrected chi connectivity index (χ3v) is 1.96. The maximum atomic E-state index is 11.5. The average molecular weight is 246 g/mol. The Labute approximate surface area is 99.7 Å². The molecule has 4 N–H and O–H groups in total. The lowest BCUT2D eigenvalue weighted by molar-refractivity contribution is -0.117. The van der Waals surface area contributed by atoms with Gasteiger partial charge in [0.2, 0.25) is 0 Å². The molecule has 0 bridgehead atoms. The monoisotopic (exact) mass is 245 g/mol. The van der Waals surface area contributed by atoms with Crippen molar-refractivity contribution < 1.29 is 9.90 Å². The van der Waals surface area contributed by atoms with Gasteiger partial charge in [-0.15, -0.1) is 0 Å². The van der Waals surface area contributed by atoms with Crippen molar-refractivity contribution in [3.05, 3.63) is 23.5 Å². The minimum absolute atomic E-state index is 0.0291. The quantitative estimate of drug-likeness (QED) is 0.487. The molecule has 0 radical (unpaired) electrons. The summed E-state index contributed by atoms with van der Waals surface area (Å²) in [6.45, 7) is 6.78. The van der Waals surface area contributed by atoms with Crippen LogP contribution in [-0.2, 0) is 4.79 Å². The summed E-state index contributed by atoms with van der Waals surface area (Å²) in [7, 11) is 0. The van der Waals surface area contributed by atoms with E-state index in [1.165, 1.54) is 0 Å². The molecule has 0 rings (SSSR count). The summed E-state index contributed by atoms with van der Waals surface area (Å²) < 4.78 is 0. The Morgan fingerprint density at radius 3 is 2.50 bits per heavy atom. The van der Waals surface area contributed by atoms with Crippen LogP contribution in [0.4, 0.5) is 0 Å². The van der Waals surface area contributed by atoms with Gasteiger partial charge in [-0.2, -0.15) is 0 Å². The van der Waals surface area contributed by atoms with Gasteiger partial charge in [-0.1, -0.05) is 18.2 Å². The number of nitrogens with zero attached hydrogens (tertiary/aromatic N) is 1. The molecule has 90 valence electrons. The second-order valence-electron chi connectivity index (χ2n) is 3.19. The van der Waals surface area contributed by atoms with Gasteiger partial charge in [0.15, 0.2) is 0 Å². The number of rotatable bonds is 5. The molecule has 0 aromatic carbocycles. The summed E-state index contributed by atoms with van der Waals surface area (Å²) in [4.78, 5) is 15.4. The highest BCUT2D eigenvalue weighted by Crippen LogP contribution is 2.07. The summed E-state index contributed by atoms with van der Waals surface area (Å²) in [6.07, 6.45) is 0. The molecule has 0 aromatic heterocycles. The lowest BCUT2D eigenvalue weighted by atomic mass is 10.3. The van der Waals surface area contributed by atoms with Crippen LogP contribution in [0, 0.1) is 0 Å². The van der Waals surface area contributed by atoms with Crippen LogP contribution in [0.1, 0.15) is 13.8 Å². The molecule has 0 aliphatic rings. The molecule has 0 aromatic rings. The van der Waals surface area contributed by atoms with Gasteiger partial charge in [0.25, 0.3) is 5.91 Å². The molecule has 0 spiro atoms. The number of aliphatic imine (C=N–C) groups is 1. The number of carbonyl (C=O) groups excluding carboxylic acids is 1. The van der Waals surface area contributed by atoms with Gasteiger partial charge in [0, 0.05) is 12.2 Å². The zero-order valence-corrected chi connectivity index (χ0v) is 10.1. The van der Waals surface area contributed by atoms with Crippen LogP contribution in [0.2, 0.25) is 0 Å². The maximum Gasteiger partial charge on any atom is 0.271 e. The van der Waals surface area contributed by atoms with E-state index >= 15 is 0 Å². The number of hydrogen-bond donors (Lipinski definition) is 3. The first-order valence-corrected chi connectivity index (χ1v) is 5.03. The minimum Gasteiger partial charge on any atom is -0.400 e. The summed E-state index contributed by atoms with van der Waals surface area (Å²) in [5.74, 6) is -0.478. The highest BCUT2D eigenvalue weighted by Gasteiger charge is 2.11. The molecule has 6 heteroatoms. The Kier molecular flexibility index (Phi) is 6.44. The summed E-state index contributed by atoms with van der Waals surface area (Å²) in [5, 5.41) is 11.1. The lowest BCUT2D eigenvalue weighted by Gasteiger charge is -2.06. The van der Waals surface area contributed by atoms with E-state index in [1.54, 1.807) is 13.8 Å². The molecule has 0 atom stereocenters. The third-order valence-electron chi connectivity index (χ3n) is 1.55. The number of amides is 1. The molecule has 0 aliphatic heterocycles. The van der Waals surface area contributed by atoms with Gasteiger partial charge in [-0.25, -0.2) is 4.99 Å². The molecular formula is C10H16ClN3O2. The summed E-state index contributed by atoms with van der Waals surface area (Å²) >= 11 is 5.76. The fraction of sp³-hybridized carbons (Fsp3) is 0.400. The van der Waals surface area contributed by atoms with Gasteiger partial charge < -0.3 is 16.2 Å². The van der Waals surface area contributed by atoms with Gasteiger partial charge in [-0.3, -0.25) is 4.79 Å². The van der Waals surface area contributed by atoms with Crippen LogP contribution < -0.4 is 11.1 Å². The highest BCUT2D eigenvalue weighted by atomic mass is 35.5. The van der Waals surface area contributed by atoms with Crippen LogP contribution >= 0.6 is 11.6 Å². The molecule has 0 unspecified atom stereocenters. The van der Waals surface area contributed by atoms with E-state index in [1.807, 2.05) is 0 Å². The van der Waals surface area contributed by atoms with Crippen LogP contribution in [0.15, 0.2) is 28.5 Å². The zero-order chi connectivity index (χ0) is 12.7. The second-order valence-corrected chi connectivity index (χ2v) is 3.55. The molecule has 0 fully saturated rings. The number of hydrogen-bond acceptors (Lipinski definition) is 4. The Hall–Kier alpha value is -1.33. The Morgan fingerprint density at radius 2 is 2.12 bits per heavy atom. The van der Waals surface area contributed by atoms with Crippen molar-refractivity contribution >= 4 is 22.7 Å². The third kappa shape index (κ3) is 4.95. The molecule has 0 saturated carbocycles. The van der Waals surface area contributed by atoms with E-state index in [-0.39, 0.29) is 29.7 Å². The van der Waals surface area contributed by atoms with E-state index in [4.69, 9.17) is 22.4 Å². The second kappa shape index (κ2) is 7.03. The standard InChI is InChI=1S/C10H16ClN3O2/c1-6(2)9(11)14-8(7(3)12)10(16)13-4-5-15/h15H,1,4-5,12H2,2-3H3,(H,13,16)/b8-7+,14-9?. The Bertz CT molecular complexity index is 344. The summed E-state index contributed by atoms with van der Waals surface area (Å²) in [6, 6.07) is 0. The van der Waals surface area contributed by atoms with Crippen LogP contribution in [0.3, 0.4) is 0 Å². The zero-order valence-electron chi connectivity index (χ0n) is 9.38. The van der Waals surface area contributed by atoms with Gasteiger partial charge in [-0.05, 0) is 19.4 Å². The van der Waals surface area contributed by atoms with Crippen LogP contribution in [0.25, 0.3) is 0 Å². The first kappa shape index (κ1) is 14.7. The van der Waals surface area contributed by atoms with Gasteiger partial charge >= 0.3 is 0 Å². The first-order valence-electron chi connectivity index (χ1n) is 4.65. The minimum atomic E-state index is -0.478. The number of aliphatic hydroxyl groups excluding tert-OH is 1. The van der Waals surface area contributed by atoms with Crippen LogP contribution in [0.5, 0.6) is 0 Å². The van der Waals surface area contributed by atoms with Crippen molar-refractivity contribution in [1.82, 2.24) is 5.32 Å². The fourth-order valence-corrected chi connectivity index (χ4v) is 0.849. The van der Waals surface area contributed by atoms with Crippen molar-refractivity contribution in [2.24, 2.45) is 10.7 Å². The predicted octanol–water partition coefficient (Wildman–Crippen LogP) is 0.499. The molecular weight excluding hydrogens is 230 g/mol. The van der Waals surface area contributed by atoms with Crippen molar-refractivity contribution in [1.29, 1.82) is 0 Å². The van der Waals surface area contributed by atoms with E-state index in [2.05, 4.69) is 16.9 Å². The predicted molar refractivity (Wildman–Crippen MR) is 65.1 cm³/mol. The van der Waals surface area contributed by atoms with Crippen LogP contribution in [-0.4, -0.2) is 29.3 Å². The number of halogens is 1. The number of nitrogens with one attached hydrogen (secondary N) is 1.